The van der Waals surface area contributed by atoms with Gasteiger partial charge in [-0.1, -0.05) is 6.07 Å². The van der Waals surface area contributed by atoms with Crippen molar-refractivity contribution >= 4 is 17.5 Å². The number of nitrogens with two attached hydrogens (primary N) is 1. The highest BCUT2D eigenvalue weighted by atomic mass is 16.5. The molecule has 144 valence electrons. The molecule has 1 aromatic heterocycles. The molecule has 1 amide bonds. The number of primary amides is 1. The Bertz CT molecular complexity index is 989. The maximum absolute atomic E-state index is 11.8. The Morgan fingerprint density at radius 1 is 1.14 bits per heavy atom. The molecule has 3 N–H and O–H groups in total. The van der Waals surface area contributed by atoms with Crippen molar-refractivity contribution in [2.75, 3.05) is 12.4 Å². The standard InChI is InChI=1S/C21H22N4O3/c1-13(2)28-19-8-7-14(11-17(19)20(22)26)18-9-10-23-21(25-18)24-15-5-4-6-16(12-15)27-3/h4-13H,1-3H3,(H2,22,26)(H,23,24,25). The Hall–Kier alpha value is -3.61. The van der Waals surface area contributed by atoms with Crippen LogP contribution >= 0.6 is 0 Å². The van der Waals surface area contributed by atoms with Crippen LogP contribution in [0.15, 0.2) is 54.7 Å². The predicted octanol–water partition coefficient (Wildman–Crippen LogP) is 3.78. The first-order valence-electron chi connectivity index (χ1n) is 8.81. The molecule has 0 aliphatic carbocycles. The number of methoxy groups -OCH3 is 1. The summed E-state index contributed by atoms with van der Waals surface area (Å²) in [5, 5.41) is 3.15. The van der Waals surface area contributed by atoms with E-state index in [1.165, 1.54) is 0 Å². The fourth-order valence-corrected chi connectivity index (χ4v) is 2.65. The molecule has 2 aromatic carbocycles. The van der Waals surface area contributed by atoms with Crippen molar-refractivity contribution in [2.45, 2.75) is 20.0 Å². The van der Waals surface area contributed by atoms with Crippen molar-refractivity contribution in [3.8, 4) is 22.8 Å². The van der Waals surface area contributed by atoms with Gasteiger partial charge in [-0.2, -0.15) is 0 Å². The van der Waals surface area contributed by atoms with Crippen LogP contribution in [-0.4, -0.2) is 29.1 Å². The first-order valence-corrected chi connectivity index (χ1v) is 8.81. The second kappa shape index (κ2) is 8.39. The SMILES string of the molecule is COc1cccc(Nc2nccc(-c3ccc(OC(C)C)c(C(N)=O)c3)n2)c1. The van der Waals surface area contributed by atoms with E-state index >= 15 is 0 Å². The lowest BCUT2D eigenvalue weighted by atomic mass is 10.1. The molecule has 3 aromatic rings. The maximum Gasteiger partial charge on any atom is 0.252 e. The van der Waals surface area contributed by atoms with Crippen molar-refractivity contribution in [3.63, 3.8) is 0 Å². The van der Waals surface area contributed by atoms with E-state index in [-0.39, 0.29) is 6.10 Å². The van der Waals surface area contributed by atoms with E-state index in [9.17, 15) is 4.79 Å². The molecule has 0 saturated heterocycles. The van der Waals surface area contributed by atoms with Gasteiger partial charge in [0.25, 0.3) is 5.91 Å². The number of hydrogen-bond donors (Lipinski definition) is 2. The fourth-order valence-electron chi connectivity index (χ4n) is 2.65. The summed E-state index contributed by atoms with van der Waals surface area (Å²) in [4.78, 5) is 20.6. The summed E-state index contributed by atoms with van der Waals surface area (Å²) in [6.07, 6.45) is 1.58. The van der Waals surface area contributed by atoms with Crippen LogP contribution in [0.1, 0.15) is 24.2 Å². The first kappa shape index (κ1) is 19.2. The van der Waals surface area contributed by atoms with Crippen LogP contribution in [0, 0.1) is 0 Å². The van der Waals surface area contributed by atoms with Gasteiger partial charge in [-0.3, -0.25) is 4.79 Å². The number of hydrogen-bond acceptors (Lipinski definition) is 6. The zero-order chi connectivity index (χ0) is 20.1. The van der Waals surface area contributed by atoms with Gasteiger partial charge in [0.1, 0.15) is 11.5 Å². The van der Waals surface area contributed by atoms with E-state index in [0.29, 0.717) is 23.0 Å². The summed E-state index contributed by atoms with van der Waals surface area (Å²) >= 11 is 0. The van der Waals surface area contributed by atoms with Crippen molar-refractivity contribution in [1.82, 2.24) is 9.97 Å². The minimum absolute atomic E-state index is 0.0679. The number of benzene rings is 2. The summed E-state index contributed by atoms with van der Waals surface area (Å²) in [5.41, 5.74) is 8.02. The molecule has 0 aliphatic rings. The van der Waals surface area contributed by atoms with Gasteiger partial charge < -0.3 is 20.5 Å². The minimum Gasteiger partial charge on any atom is -0.497 e. The Morgan fingerprint density at radius 3 is 2.68 bits per heavy atom. The average molecular weight is 378 g/mol. The Labute approximate surface area is 163 Å². The molecule has 0 fully saturated rings. The number of carbonyl (C=O) groups is 1. The number of amides is 1. The molecule has 7 heteroatoms. The third-order valence-electron chi connectivity index (χ3n) is 3.88. The van der Waals surface area contributed by atoms with Crippen LogP contribution < -0.4 is 20.5 Å². The van der Waals surface area contributed by atoms with Crippen LogP contribution in [0.25, 0.3) is 11.3 Å². The van der Waals surface area contributed by atoms with Crippen LogP contribution in [0.4, 0.5) is 11.6 Å². The zero-order valence-corrected chi connectivity index (χ0v) is 16.0. The largest absolute Gasteiger partial charge is 0.497 e. The second-order valence-electron chi connectivity index (χ2n) is 6.36. The van der Waals surface area contributed by atoms with Crippen molar-refractivity contribution in [1.29, 1.82) is 0 Å². The van der Waals surface area contributed by atoms with Crippen LogP contribution in [0.2, 0.25) is 0 Å². The summed E-state index contributed by atoms with van der Waals surface area (Å²) in [7, 11) is 1.61. The average Bonchev–Trinajstić information content (AvgIpc) is 2.68. The summed E-state index contributed by atoms with van der Waals surface area (Å²) in [5.74, 6) is 1.05. The lowest BCUT2D eigenvalue weighted by molar-refractivity contribution is 0.0994. The highest BCUT2D eigenvalue weighted by Crippen LogP contribution is 2.27. The van der Waals surface area contributed by atoms with E-state index in [2.05, 4.69) is 15.3 Å². The molecule has 0 saturated carbocycles. The van der Waals surface area contributed by atoms with E-state index in [1.54, 1.807) is 31.5 Å². The lowest BCUT2D eigenvalue weighted by Gasteiger charge is -2.14. The Kier molecular flexibility index (Phi) is 5.74. The monoisotopic (exact) mass is 378 g/mol. The van der Waals surface area contributed by atoms with Gasteiger partial charge in [0.15, 0.2) is 0 Å². The fraction of sp³-hybridized carbons (Fsp3) is 0.190. The van der Waals surface area contributed by atoms with Crippen LogP contribution in [-0.2, 0) is 0 Å². The predicted molar refractivity (Wildman–Crippen MR) is 108 cm³/mol. The van der Waals surface area contributed by atoms with E-state index in [4.69, 9.17) is 15.2 Å². The number of aromatic nitrogens is 2. The molecule has 0 radical (unpaired) electrons. The van der Waals surface area contributed by atoms with Crippen molar-refractivity contribution in [3.05, 3.63) is 60.3 Å². The van der Waals surface area contributed by atoms with Gasteiger partial charge in [-0.05, 0) is 50.2 Å². The summed E-state index contributed by atoms with van der Waals surface area (Å²) in [6.45, 7) is 3.78. The van der Waals surface area contributed by atoms with E-state index in [0.717, 1.165) is 17.0 Å². The smallest absolute Gasteiger partial charge is 0.252 e. The minimum atomic E-state index is -0.554. The lowest BCUT2D eigenvalue weighted by Crippen LogP contribution is -2.15. The molecule has 0 spiro atoms. The highest BCUT2D eigenvalue weighted by Gasteiger charge is 2.13. The topological polar surface area (TPSA) is 99.4 Å². The van der Waals surface area contributed by atoms with Gasteiger partial charge in [-0.25, -0.2) is 9.97 Å². The molecule has 0 atom stereocenters. The van der Waals surface area contributed by atoms with Crippen molar-refractivity contribution < 1.29 is 14.3 Å². The van der Waals surface area contributed by atoms with Gasteiger partial charge in [0.05, 0.1) is 24.5 Å². The summed E-state index contributed by atoms with van der Waals surface area (Å²) in [6, 6.07) is 14.5. The van der Waals surface area contributed by atoms with Gasteiger partial charge in [0.2, 0.25) is 5.95 Å². The Balaban J connectivity index is 1.91. The number of nitrogens with zero attached hydrogens (tertiary/aromatic N) is 2. The maximum atomic E-state index is 11.8. The molecule has 0 aliphatic heterocycles. The molecule has 1 heterocycles. The molecule has 3 rings (SSSR count). The third kappa shape index (κ3) is 4.56. The van der Waals surface area contributed by atoms with Gasteiger partial charge in [0, 0.05) is 23.5 Å². The van der Waals surface area contributed by atoms with Gasteiger partial charge in [-0.15, -0.1) is 0 Å². The molecule has 7 nitrogen and oxygen atoms in total. The number of carbonyl (C=O) groups excluding carboxylic acids is 1. The number of anilines is 2. The van der Waals surface area contributed by atoms with Crippen molar-refractivity contribution in [2.24, 2.45) is 5.73 Å². The molecule has 28 heavy (non-hydrogen) atoms. The molecular weight excluding hydrogens is 356 g/mol. The molecular formula is C21H22N4O3. The normalized spacial score (nSPS) is 10.6. The Morgan fingerprint density at radius 2 is 1.96 bits per heavy atom. The molecule has 0 unspecified atom stereocenters. The third-order valence-corrected chi connectivity index (χ3v) is 3.88. The quantitative estimate of drug-likeness (QED) is 0.649. The number of rotatable bonds is 7. The van der Waals surface area contributed by atoms with Gasteiger partial charge >= 0.3 is 0 Å². The first-order chi connectivity index (χ1) is 13.5. The van der Waals surface area contributed by atoms with Crippen LogP contribution in [0.3, 0.4) is 0 Å². The van der Waals surface area contributed by atoms with E-state index in [1.807, 2.05) is 44.2 Å². The number of nitrogens with one attached hydrogen (secondary N) is 1. The zero-order valence-electron chi connectivity index (χ0n) is 16.0. The number of ether oxygens (including phenoxy) is 2. The van der Waals surface area contributed by atoms with Crippen LogP contribution in [0.5, 0.6) is 11.5 Å². The molecule has 0 bridgehead atoms. The highest BCUT2D eigenvalue weighted by molar-refractivity contribution is 5.97. The van der Waals surface area contributed by atoms with E-state index < -0.39 is 5.91 Å². The summed E-state index contributed by atoms with van der Waals surface area (Å²) < 4.78 is 10.9. The second-order valence-corrected chi connectivity index (χ2v) is 6.36.